The van der Waals surface area contributed by atoms with Gasteiger partial charge >= 0.3 is 11.9 Å². The van der Waals surface area contributed by atoms with Crippen LogP contribution >= 0.6 is 0 Å². The highest BCUT2D eigenvalue weighted by Crippen LogP contribution is 2.40. The molecule has 9 nitrogen and oxygen atoms in total. The standard InChI is InChI=1S/C17H21N5O4/c1-2-26-17(25)13-5-11(10-3-4-10)6-21-7-12(20-15(13)21)8-22(19)9-14(18)16(23)24/h5-7,9-10H,2-4,8,18-19H2,1H3,(H,23,24)/b14-9-. The summed E-state index contributed by atoms with van der Waals surface area (Å²) >= 11 is 0. The number of nitrogens with two attached hydrogens (primary N) is 2. The molecule has 0 bridgehead atoms. The van der Waals surface area contributed by atoms with Crippen LogP contribution in [-0.2, 0) is 16.1 Å². The Morgan fingerprint density at radius 1 is 1.46 bits per heavy atom. The normalized spacial score (nSPS) is 14.5. The van der Waals surface area contributed by atoms with Crippen LogP contribution in [0.4, 0.5) is 0 Å². The third-order valence-corrected chi connectivity index (χ3v) is 4.06. The Kier molecular flexibility index (Phi) is 4.81. The molecule has 0 amide bonds. The number of hydrogen-bond donors (Lipinski definition) is 3. The molecule has 2 aromatic rings. The minimum atomic E-state index is -1.26. The summed E-state index contributed by atoms with van der Waals surface area (Å²) < 4.78 is 6.93. The van der Waals surface area contributed by atoms with Gasteiger partial charge in [-0.1, -0.05) is 0 Å². The number of aromatic nitrogens is 2. The average Bonchev–Trinajstić information content (AvgIpc) is 3.34. The van der Waals surface area contributed by atoms with E-state index in [4.69, 9.17) is 21.4 Å². The van der Waals surface area contributed by atoms with Crippen molar-refractivity contribution in [3.8, 4) is 0 Å². The van der Waals surface area contributed by atoms with Gasteiger partial charge in [0.25, 0.3) is 0 Å². The van der Waals surface area contributed by atoms with Gasteiger partial charge in [-0.25, -0.2) is 20.4 Å². The van der Waals surface area contributed by atoms with E-state index >= 15 is 0 Å². The lowest BCUT2D eigenvalue weighted by Crippen LogP contribution is -2.27. The molecular formula is C17H21N5O4. The van der Waals surface area contributed by atoms with Crippen LogP contribution in [0.25, 0.3) is 5.65 Å². The summed E-state index contributed by atoms with van der Waals surface area (Å²) in [6.07, 6.45) is 7.04. The third kappa shape index (κ3) is 3.77. The smallest absolute Gasteiger partial charge is 0.353 e. The predicted octanol–water partition coefficient (Wildman–Crippen LogP) is 0.949. The summed E-state index contributed by atoms with van der Waals surface area (Å²) in [7, 11) is 0. The van der Waals surface area contributed by atoms with E-state index in [0.717, 1.165) is 29.6 Å². The Morgan fingerprint density at radius 3 is 2.81 bits per heavy atom. The molecule has 0 spiro atoms. The molecule has 0 saturated heterocycles. The molecule has 0 atom stereocenters. The lowest BCUT2D eigenvalue weighted by atomic mass is 10.1. The average molecular weight is 359 g/mol. The van der Waals surface area contributed by atoms with Crippen molar-refractivity contribution < 1.29 is 19.4 Å². The molecule has 1 fully saturated rings. The number of aliphatic carboxylic acids is 1. The van der Waals surface area contributed by atoms with E-state index < -0.39 is 11.9 Å². The first kappa shape index (κ1) is 17.7. The van der Waals surface area contributed by atoms with Gasteiger partial charge in [-0.05, 0) is 37.3 Å². The minimum absolute atomic E-state index is 0.136. The van der Waals surface area contributed by atoms with Gasteiger partial charge in [0.05, 0.1) is 18.8 Å². The van der Waals surface area contributed by atoms with Gasteiger partial charge < -0.3 is 25.0 Å². The lowest BCUT2D eigenvalue weighted by Gasteiger charge is -2.11. The van der Waals surface area contributed by atoms with Crippen molar-refractivity contribution in [2.45, 2.75) is 32.2 Å². The molecule has 26 heavy (non-hydrogen) atoms. The highest BCUT2D eigenvalue weighted by atomic mass is 16.5. The Bertz CT molecular complexity index is 885. The third-order valence-electron chi connectivity index (χ3n) is 4.06. The summed E-state index contributed by atoms with van der Waals surface area (Å²) in [6.45, 7) is 2.17. The Morgan fingerprint density at radius 2 is 2.19 bits per heavy atom. The molecule has 0 radical (unpaired) electrons. The summed E-state index contributed by atoms with van der Waals surface area (Å²) in [5.74, 6) is 4.56. The van der Waals surface area contributed by atoms with Crippen LogP contribution in [0, 0.1) is 0 Å². The second kappa shape index (κ2) is 7.04. The van der Waals surface area contributed by atoms with Crippen LogP contribution in [-0.4, -0.2) is 38.0 Å². The number of imidazole rings is 1. The largest absolute Gasteiger partial charge is 0.477 e. The Hall–Kier alpha value is -3.07. The molecule has 138 valence electrons. The topological polar surface area (TPSA) is 136 Å². The Labute approximate surface area is 149 Å². The summed E-state index contributed by atoms with van der Waals surface area (Å²) in [5.41, 5.74) is 7.51. The zero-order chi connectivity index (χ0) is 18.8. The van der Waals surface area contributed by atoms with Crippen LogP contribution in [0.15, 0.2) is 30.4 Å². The van der Waals surface area contributed by atoms with Gasteiger partial charge in [0.2, 0.25) is 0 Å². The van der Waals surface area contributed by atoms with E-state index in [1.54, 1.807) is 17.5 Å². The zero-order valence-corrected chi connectivity index (χ0v) is 14.4. The quantitative estimate of drug-likeness (QED) is 0.288. The lowest BCUT2D eigenvalue weighted by molar-refractivity contribution is -0.132. The number of nitrogens with zero attached hydrogens (tertiary/aromatic N) is 3. The first-order valence-corrected chi connectivity index (χ1v) is 8.29. The van der Waals surface area contributed by atoms with Gasteiger partial charge in [-0.15, -0.1) is 0 Å². The number of hydrazine groups is 1. The number of fused-ring (bicyclic) bond motifs is 1. The van der Waals surface area contributed by atoms with E-state index in [9.17, 15) is 9.59 Å². The maximum Gasteiger partial charge on any atom is 0.353 e. The second-order valence-electron chi connectivity index (χ2n) is 6.21. The maximum absolute atomic E-state index is 12.3. The van der Waals surface area contributed by atoms with Crippen LogP contribution in [0.2, 0.25) is 0 Å². The van der Waals surface area contributed by atoms with Crippen molar-refractivity contribution >= 4 is 17.6 Å². The monoisotopic (exact) mass is 359 g/mol. The number of carbonyl (C=O) groups excluding carboxylic acids is 1. The van der Waals surface area contributed by atoms with Gasteiger partial charge in [-0.3, -0.25) is 0 Å². The van der Waals surface area contributed by atoms with E-state index in [-0.39, 0.29) is 18.8 Å². The van der Waals surface area contributed by atoms with Crippen molar-refractivity contribution in [3.63, 3.8) is 0 Å². The number of rotatable bonds is 7. The number of ether oxygens (including phenoxy) is 1. The molecule has 9 heteroatoms. The maximum atomic E-state index is 12.3. The van der Waals surface area contributed by atoms with Crippen molar-refractivity contribution in [2.24, 2.45) is 11.6 Å². The molecule has 2 heterocycles. The number of carboxylic acid groups (broad SMARTS) is 1. The van der Waals surface area contributed by atoms with Gasteiger partial charge in [-0.2, -0.15) is 0 Å². The van der Waals surface area contributed by atoms with E-state index in [2.05, 4.69) is 4.98 Å². The van der Waals surface area contributed by atoms with E-state index in [1.165, 1.54) is 0 Å². The van der Waals surface area contributed by atoms with Crippen LogP contribution in [0.1, 0.15) is 47.3 Å². The molecule has 0 aromatic carbocycles. The molecule has 1 aliphatic carbocycles. The Balaban J connectivity index is 1.94. The number of carbonyl (C=O) groups is 2. The van der Waals surface area contributed by atoms with Crippen molar-refractivity contribution in [3.05, 3.63) is 47.2 Å². The number of hydrogen-bond acceptors (Lipinski definition) is 7. The number of esters is 1. The van der Waals surface area contributed by atoms with E-state index in [1.807, 2.05) is 12.3 Å². The number of pyridine rings is 1. The molecule has 2 aromatic heterocycles. The molecule has 1 saturated carbocycles. The highest BCUT2D eigenvalue weighted by Gasteiger charge is 2.26. The minimum Gasteiger partial charge on any atom is -0.477 e. The highest BCUT2D eigenvalue weighted by molar-refractivity contribution is 5.96. The molecule has 1 aliphatic rings. The molecule has 3 rings (SSSR count). The van der Waals surface area contributed by atoms with E-state index in [0.29, 0.717) is 22.8 Å². The zero-order valence-electron chi connectivity index (χ0n) is 14.4. The van der Waals surface area contributed by atoms with Crippen molar-refractivity contribution in [1.29, 1.82) is 0 Å². The summed E-state index contributed by atoms with van der Waals surface area (Å²) in [4.78, 5) is 27.5. The first-order valence-electron chi connectivity index (χ1n) is 8.29. The summed E-state index contributed by atoms with van der Waals surface area (Å²) in [5, 5.41) is 9.94. The fraction of sp³-hybridized carbons (Fsp3) is 0.353. The van der Waals surface area contributed by atoms with Crippen LogP contribution in [0.5, 0.6) is 0 Å². The predicted molar refractivity (Wildman–Crippen MR) is 92.8 cm³/mol. The molecular weight excluding hydrogens is 338 g/mol. The van der Waals surface area contributed by atoms with Crippen LogP contribution < -0.4 is 11.6 Å². The fourth-order valence-electron chi connectivity index (χ4n) is 2.71. The van der Waals surface area contributed by atoms with Gasteiger partial charge in [0, 0.05) is 18.6 Å². The molecule has 0 unspecified atom stereocenters. The second-order valence-corrected chi connectivity index (χ2v) is 6.21. The molecule has 0 aliphatic heterocycles. The SMILES string of the molecule is CCOC(=O)c1cc(C2CC2)cn2cc(CN(N)/C=C(\N)C(=O)O)nc12. The first-order chi connectivity index (χ1) is 12.4. The summed E-state index contributed by atoms with van der Waals surface area (Å²) in [6, 6.07) is 1.84. The fourth-order valence-corrected chi connectivity index (χ4v) is 2.71. The molecule has 5 N–H and O–H groups in total. The van der Waals surface area contributed by atoms with Crippen LogP contribution in [0.3, 0.4) is 0 Å². The van der Waals surface area contributed by atoms with Gasteiger partial charge in [0.15, 0.2) is 5.65 Å². The number of carboxylic acids is 1. The van der Waals surface area contributed by atoms with Crippen molar-refractivity contribution in [2.75, 3.05) is 6.61 Å². The van der Waals surface area contributed by atoms with Gasteiger partial charge in [0.1, 0.15) is 11.3 Å². The van der Waals surface area contributed by atoms with Crippen molar-refractivity contribution in [1.82, 2.24) is 14.4 Å².